The summed E-state index contributed by atoms with van der Waals surface area (Å²) in [7, 11) is 4.00. The van der Waals surface area contributed by atoms with E-state index in [0.717, 1.165) is 12.2 Å². The van der Waals surface area contributed by atoms with E-state index in [0.29, 0.717) is 16.7 Å². The van der Waals surface area contributed by atoms with Gasteiger partial charge < -0.3 is 103 Å². The lowest BCUT2D eigenvalue weighted by atomic mass is 9.97. The molecule has 0 spiro atoms. The Hall–Kier alpha value is -5.80. The molecule has 0 radical (unpaired) electrons. The predicted octanol–water partition coefficient (Wildman–Crippen LogP) is -0.261. The van der Waals surface area contributed by atoms with Crippen LogP contribution in [0, 0.1) is 0 Å². The fraction of sp³-hybridized carbons (Fsp3) is 0.478. The van der Waals surface area contributed by atoms with Gasteiger partial charge in [-0.15, -0.1) is 0 Å². The second-order valence-corrected chi connectivity index (χ2v) is 16.1. The van der Waals surface area contributed by atoms with Gasteiger partial charge in [0.2, 0.25) is 5.75 Å². The first-order valence-electron chi connectivity index (χ1n) is 21.4. The van der Waals surface area contributed by atoms with E-state index in [-0.39, 0.29) is 47.5 Å². The number of carbonyl (C=O) groups is 2. The monoisotopic (exact) mass is 976 g/mol. The number of hydrogen-bond acceptors (Lipinski definition) is 23. The molecule has 6 rings (SSSR count). The lowest BCUT2D eigenvalue weighted by Gasteiger charge is -2.47. The minimum Gasteiger partial charge on any atom is -0.504 e. The van der Waals surface area contributed by atoms with Crippen molar-refractivity contribution < 1.29 is 113 Å². The largest absolute Gasteiger partial charge is 0.504 e. The molecule has 0 saturated carbocycles. The van der Waals surface area contributed by atoms with E-state index >= 15 is 0 Å². The summed E-state index contributed by atoms with van der Waals surface area (Å²) < 4.78 is 61.7. The second-order valence-electron chi connectivity index (χ2n) is 16.1. The first kappa shape index (κ1) is 52.6. The van der Waals surface area contributed by atoms with Crippen molar-refractivity contribution in [1.82, 2.24) is 0 Å². The molecule has 3 saturated heterocycles. The highest BCUT2D eigenvalue weighted by atomic mass is 16.8. The van der Waals surface area contributed by atoms with E-state index in [9.17, 15) is 60.7 Å². The summed E-state index contributed by atoms with van der Waals surface area (Å²) >= 11 is 0. The summed E-state index contributed by atoms with van der Waals surface area (Å²) in [6, 6.07) is 11.2. The molecule has 3 aromatic rings. The van der Waals surface area contributed by atoms with Crippen LogP contribution in [0.3, 0.4) is 0 Å². The van der Waals surface area contributed by atoms with Crippen molar-refractivity contribution >= 4 is 24.1 Å². The molecular formula is C46H56O23. The number of hydrogen-bond donors (Lipinski definition) is 10. The minimum absolute atomic E-state index is 0.0720. The number of rotatable bonds is 19. The zero-order valence-electron chi connectivity index (χ0n) is 37.7. The number of ether oxygens (including phenoxy) is 11. The Bertz CT molecular complexity index is 2260. The zero-order valence-corrected chi connectivity index (χ0v) is 37.7. The molecule has 0 unspecified atom stereocenters. The molecule has 3 aromatic carbocycles. The number of aliphatic hydroxyl groups excluding tert-OH is 6. The fourth-order valence-electron chi connectivity index (χ4n) is 7.51. The van der Waals surface area contributed by atoms with Gasteiger partial charge in [-0.1, -0.05) is 12.1 Å². The van der Waals surface area contributed by atoms with Gasteiger partial charge in [-0.25, -0.2) is 9.59 Å². The summed E-state index contributed by atoms with van der Waals surface area (Å²) in [6.45, 7) is -1.03. The predicted molar refractivity (Wildman–Crippen MR) is 233 cm³/mol. The summed E-state index contributed by atoms with van der Waals surface area (Å²) in [5.74, 6) is -2.80. The van der Waals surface area contributed by atoms with Crippen molar-refractivity contribution in [3.05, 3.63) is 77.4 Å². The summed E-state index contributed by atoms with van der Waals surface area (Å²) in [5.41, 5.74) is -0.782. The molecule has 3 fully saturated rings. The first-order chi connectivity index (χ1) is 32.9. The van der Waals surface area contributed by atoms with Gasteiger partial charge in [-0.2, -0.15) is 0 Å². The van der Waals surface area contributed by atoms with E-state index in [1.807, 2.05) is 0 Å². The Morgan fingerprint density at radius 2 is 1.30 bits per heavy atom. The van der Waals surface area contributed by atoms with Crippen LogP contribution in [-0.2, 0) is 53.9 Å². The highest BCUT2D eigenvalue weighted by Gasteiger charge is 2.57. The molecule has 0 amide bonds. The van der Waals surface area contributed by atoms with Crippen LogP contribution in [0.5, 0.6) is 40.2 Å². The van der Waals surface area contributed by atoms with E-state index < -0.39 is 117 Å². The topological polar surface area (TPSA) is 338 Å². The molecule has 0 bridgehead atoms. The Balaban J connectivity index is 1.17. The summed E-state index contributed by atoms with van der Waals surface area (Å²) in [4.78, 5) is 25.8. The number of benzene rings is 3. The number of phenolic OH excluding ortho intramolecular Hbond substituents is 4. The number of phenols is 4. The first-order valence-corrected chi connectivity index (χ1v) is 21.4. The van der Waals surface area contributed by atoms with Crippen LogP contribution in [-0.4, -0.2) is 190 Å². The quantitative estimate of drug-likeness (QED) is 0.0420. The van der Waals surface area contributed by atoms with Crippen LogP contribution >= 0.6 is 0 Å². The number of carbonyl (C=O) groups excluding carboxylic acids is 2. The van der Waals surface area contributed by atoms with Gasteiger partial charge in [0.15, 0.2) is 59.0 Å². The molecule has 23 nitrogen and oxygen atoms in total. The van der Waals surface area contributed by atoms with E-state index in [1.54, 1.807) is 0 Å². The zero-order chi connectivity index (χ0) is 50.2. The Morgan fingerprint density at radius 1 is 0.696 bits per heavy atom. The van der Waals surface area contributed by atoms with Crippen LogP contribution in [0.1, 0.15) is 23.6 Å². The molecule has 69 heavy (non-hydrogen) atoms. The van der Waals surface area contributed by atoms with E-state index in [1.165, 1.54) is 88.9 Å². The average molecular weight is 977 g/mol. The summed E-state index contributed by atoms with van der Waals surface area (Å²) in [5, 5.41) is 107. The molecule has 0 aromatic heterocycles. The lowest BCUT2D eigenvalue weighted by molar-refractivity contribution is -0.378. The molecule has 3 aliphatic rings. The van der Waals surface area contributed by atoms with Gasteiger partial charge >= 0.3 is 11.9 Å². The Kier molecular flexibility index (Phi) is 17.7. The maximum atomic E-state index is 13.0. The van der Waals surface area contributed by atoms with Crippen molar-refractivity contribution in [3.8, 4) is 40.2 Å². The van der Waals surface area contributed by atoms with Gasteiger partial charge in [-0.05, 0) is 78.6 Å². The molecule has 23 heteroatoms. The second kappa shape index (κ2) is 23.2. The van der Waals surface area contributed by atoms with Crippen LogP contribution in [0.2, 0.25) is 0 Å². The third-order valence-electron chi connectivity index (χ3n) is 11.5. The van der Waals surface area contributed by atoms with E-state index in [4.69, 9.17) is 52.1 Å². The fourth-order valence-corrected chi connectivity index (χ4v) is 7.51. The molecule has 378 valence electrons. The highest BCUT2D eigenvalue weighted by Crippen LogP contribution is 2.38. The van der Waals surface area contributed by atoms with Gasteiger partial charge in [0.05, 0.1) is 47.3 Å². The molecule has 3 heterocycles. The molecule has 0 aliphatic carbocycles. The van der Waals surface area contributed by atoms with Crippen LogP contribution < -0.4 is 14.2 Å². The maximum absolute atomic E-state index is 13.0. The Morgan fingerprint density at radius 3 is 1.97 bits per heavy atom. The standard InChI is InChI=1S/C46H56O23/c1-22-35(53)38(56)41(68-45-42(58)46(20-47,21-64-45)69-34(52)12-7-23-6-10-27(49)29(16-23)59-2)44(65-22)67-40-39(57)37(55)32(66-43(40)62-14-13-24-5-9-26(48)28(50)15-24)19-63-33(51)11-8-25-17-30(60-3)36(54)31(18-25)61-4/h5-12,15-18,22,32,35,37-45,47-50,53-58H,13-14,19-21H2,1-4H3/b11-8+,12-7+/t22-,32+,35-,37+,38+,39-,40+,41-,42-,43+,44-,45-,46+/m0/s1. The van der Waals surface area contributed by atoms with Crippen LogP contribution in [0.4, 0.5) is 0 Å². The van der Waals surface area contributed by atoms with Crippen molar-refractivity contribution in [2.45, 2.75) is 92.8 Å². The van der Waals surface area contributed by atoms with Gasteiger partial charge in [0.25, 0.3) is 0 Å². The number of aliphatic hydroxyl groups is 6. The normalized spacial score (nSPS) is 30.3. The van der Waals surface area contributed by atoms with Gasteiger partial charge in [-0.3, -0.25) is 0 Å². The molecule has 10 N–H and O–H groups in total. The van der Waals surface area contributed by atoms with Crippen LogP contribution in [0.25, 0.3) is 12.2 Å². The Labute approximate surface area is 394 Å². The maximum Gasteiger partial charge on any atom is 0.331 e. The average Bonchev–Trinajstić information content (AvgIpc) is 3.64. The van der Waals surface area contributed by atoms with Gasteiger partial charge in [0.1, 0.15) is 55.4 Å². The smallest absolute Gasteiger partial charge is 0.331 e. The SMILES string of the molecule is COc1cc(/C=C/C(=O)O[C@]2(CO)CO[C@@H](O[C@@H]3[C@H](O[C@H]4[C@H](OCCc5ccc(O)c(O)c5)O[C@H](COC(=O)/C=C/c5cc(OC)c(O)c(OC)c5)[C@@H](O)[C@@H]4O)O[C@@H](C)[C@H](O)[C@H]3O)[C@@H]2O)ccc1O. The number of aromatic hydroxyl groups is 4. The third-order valence-corrected chi connectivity index (χ3v) is 11.5. The summed E-state index contributed by atoms with van der Waals surface area (Å²) in [6.07, 6.45) is -15.6. The number of methoxy groups -OCH3 is 3. The highest BCUT2D eigenvalue weighted by molar-refractivity contribution is 5.88. The van der Waals surface area contributed by atoms with Crippen molar-refractivity contribution in [3.63, 3.8) is 0 Å². The molecule has 3 aliphatic heterocycles. The molecule has 13 atom stereocenters. The van der Waals surface area contributed by atoms with E-state index in [2.05, 4.69) is 0 Å². The van der Waals surface area contributed by atoms with Gasteiger partial charge in [0, 0.05) is 12.2 Å². The van der Waals surface area contributed by atoms with Crippen molar-refractivity contribution in [2.24, 2.45) is 0 Å². The number of esters is 2. The van der Waals surface area contributed by atoms with Crippen LogP contribution in [0.15, 0.2) is 60.7 Å². The van der Waals surface area contributed by atoms with Crippen molar-refractivity contribution in [2.75, 3.05) is 47.8 Å². The van der Waals surface area contributed by atoms with Crippen molar-refractivity contribution in [1.29, 1.82) is 0 Å². The lowest BCUT2D eigenvalue weighted by Crippen LogP contribution is -2.65. The minimum atomic E-state index is -2.10. The third kappa shape index (κ3) is 12.3. The molecular weight excluding hydrogens is 920 g/mol.